The first-order chi connectivity index (χ1) is 7.99. The number of aromatic nitrogens is 1. The standard InChI is InChI=1S/C10H16N2O2S3/c1-7-8(16-10(15)12-7)6-9(13)11-4-3-5-17(2)14/h3-6H2,1-2H3,(H,11,13)(H,12,15). The number of thiazole rings is 1. The highest BCUT2D eigenvalue weighted by Gasteiger charge is 2.08. The molecule has 0 aromatic carbocycles. The van der Waals surface area contributed by atoms with Crippen LogP contribution in [0.25, 0.3) is 0 Å². The smallest absolute Gasteiger partial charge is 0.225 e. The largest absolute Gasteiger partial charge is 0.356 e. The van der Waals surface area contributed by atoms with Gasteiger partial charge in [0.25, 0.3) is 0 Å². The van der Waals surface area contributed by atoms with Crippen molar-refractivity contribution in [2.45, 2.75) is 19.8 Å². The van der Waals surface area contributed by atoms with Crippen LogP contribution in [0, 0.1) is 10.9 Å². The van der Waals surface area contributed by atoms with E-state index in [1.165, 1.54) is 11.3 Å². The minimum Gasteiger partial charge on any atom is -0.356 e. The molecule has 4 nitrogen and oxygen atoms in total. The summed E-state index contributed by atoms with van der Waals surface area (Å²) >= 11 is 6.44. The summed E-state index contributed by atoms with van der Waals surface area (Å²) in [5, 5.41) is 2.81. The predicted octanol–water partition coefficient (Wildman–Crippen LogP) is 1.54. The second kappa shape index (κ2) is 7.03. The van der Waals surface area contributed by atoms with E-state index in [0.29, 0.717) is 22.7 Å². The molecule has 0 aliphatic carbocycles. The Morgan fingerprint density at radius 3 is 2.82 bits per heavy atom. The van der Waals surface area contributed by atoms with Crippen LogP contribution in [0.1, 0.15) is 17.0 Å². The van der Waals surface area contributed by atoms with E-state index in [4.69, 9.17) is 12.2 Å². The molecule has 17 heavy (non-hydrogen) atoms. The molecule has 1 atom stereocenters. The summed E-state index contributed by atoms with van der Waals surface area (Å²) in [6.45, 7) is 2.49. The van der Waals surface area contributed by atoms with Crippen molar-refractivity contribution in [1.29, 1.82) is 0 Å². The Kier molecular flexibility index (Phi) is 6.01. The highest BCUT2D eigenvalue weighted by Crippen LogP contribution is 2.14. The molecule has 0 saturated heterocycles. The van der Waals surface area contributed by atoms with Crippen molar-refractivity contribution < 1.29 is 9.00 Å². The quantitative estimate of drug-likeness (QED) is 0.617. The number of hydrogen-bond donors (Lipinski definition) is 2. The third kappa shape index (κ3) is 5.56. The fourth-order valence-corrected chi connectivity index (χ4v) is 3.16. The Hall–Kier alpha value is -0.530. The minimum atomic E-state index is -0.787. The third-order valence-electron chi connectivity index (χ3n) is 2.18. The second-order valence-corrected chi connectivity index (χ2v) is 7.05. The van der Waals surface area contributed by atoms with Crippen LogP contribution >= 0.6 is 23.6 Å². The van der Waals surface area contributed by atoms with Gasteiger partial charge in [0.15, 0.2) is 3.95 Å². The van der Waals surface area contributed by atoms with E-state index in [1.807, 2.05) is 6.92 Å². The van der Waals surface area contributed by atoms with E-state index in [1.54, 1.807) is 6.26 Å². The van der Waals surface area contributed by atoms with Crippen LogP contribution in [0.4, 0.5) is 0 Å². The van der Waals surface area contributed by atoms with E-state index in [2.05, 4.69) is 10.3 Å². The van der Waals surface area contributed by atoms with Gasteiger partial charge in [0.2, 0.25) is 5.91 Å². The molecule has 0 fully saturated rings. The Morgan fingerprint density at radius 1 is 1.59 bits per heavy atom. The van der Waals surface area contributed by atoms with Crippen LogP contribution in [0.2, 0.25) is 0 Å². The summed E-state index contributed by atoms with van der Waals surface area (Å²) in [4.78, 5) is 15.6. The van der Waals surface area contributed by atoms with Crippen LogP contribution < -0.4 is 5.32 Å². The van der Waals surface area contributed by atoms with Crippen LogP contribution in [0.15, 0.2) is 0 Å². The second-order valence-electron chi connectivity index (χ2n) is 3.72. The molecule has 0 aliphatic heterocycles. The van der Waals surface area contributed by atoms with Crippen molar-refractivity contribution in [3.05, 3.63) is 14.5 Å². The van der Waals surface area contributed by atoms with Gasteiger partial charge in [-0.1, -0.05) is 0 Å². The van der Waals surface area contributed by atoms with Crippen molar-refractivity contribution in [3.63, 3.8) is 0 Å². The monoisotopic (exact) mass is 292 g/mol. The van der Waals surface area contributed by atoms with Crippen molar-refractivity contribution in [2.75, 3.05) is 18.6 Å². The lowest BCUT2D eigenvalue weighted by Gasteiger charge is -2.03. The molecule has 1 heterocycles. The van der Waals surface area contributed by atoms with Crippen molar-refractivity contribution in [1.82, 2.24) is 10.3 Å². The van der Waals surface area contributed by atoms with Gasteiger partial charge in [0.05, 0.1) is 6.42 Å². The molecule has 1 aromatic rings. The van der Waals surface area contributed by atoms with Crippen molar-refractivity contribution in [3.8, 4) is 0 Å². The molecule has 2 N–H and O–H groups in total. The number of H-pyrrole nitrogens is 1. The zero-order valence-corrected chi connectivity index (χ0v) is 12.3. The lowest BCUT2D eigenvalue weighted by molar-refractivity contribution is -0.120. The number of carbonyl (C=O) groups is 1. The molecular formula is C10H16N2O2S3. The van der Waals surface area contributed by atoms with Crippen LogP contribution in [-0.2, 0) is 22.0 Å². The maximum atomic E-state index is 11.6. The predicted molar refractivity (Wildman–Crippen MR) is 74.5 cm³/mol. The number of rotatable bonds is 6. The molecule has 1 amide bonds. The summed E-state index contributed by atoms with van der Waals surface area (Å²) in [5.74, 6) is 0.614. The third-order valence-corrected chi connectivity index (χ3v) is 4.38. The van der Waals surface area contributed by atoms with Gasteiger partial charge in [0, 0.05) is 39.9 Å². The van der Waals surface area contributed by atoms with E-state index in [0.717, 1.165) is 17.0 Å². The number of hydrogen-bond acceptors (Lipinski definition) is 4. The van der Waals surface area contributed by atoms with Crippen LogP contribution in [0.3, 0.4) is 0 Å². The number of aryl methyl sites for hydroxylation is 1. The van der Waals surface area contributed by atoms with E-state index >= 15 is 0 Å². The molecule has 1 rings (SSSR count). The maximum Gasteiger partial charge on any atom is 0.225 e. The molecule has 0 saturated carbocycles. The summed E-state index contributed by atoms with van der Waals surface area (Å²) in [6.07, 6.45) is 2.77. The summed E-state index contributed by atoms with van der Waals surface area (Å²) in [6, 6.07) is 0. The van der Waals surface area contributed by atoms with Gasteiger partial charge >= 0.3 is 0 Å². The van der Waals surface area contributed by atoms with Gasteiger partial charge in [-0.05, 0) is 25.6 Å². The van der Waals surface area contributed by atoms with Crippen molar-refractivity contribution >= 4 is 40.3 Å². The number of carbonyl (C=O) groups excluding carboxylic acids is 1. The van der Waals surface area contributed by atoms with E-state index in [-0.39, 0.29) is 5.91 Å². The number of amides is 1. The fraction of sp³-hybridized carbons (Fsp3) is 0.600. The van der Waals surface area contributed by atoms with Gasteiger partial charge in [-0.15, -0.1) is 11.3 Å². The number of aromatic amines is 1. The van der Waals surface area contributed by atoms with E-state index < -0.39 is 10.8 Å². The highest BCUT2D eigenvalue weighted by atomic mass is 32.2. The maximum absolute atomic E-state index is 11.6. The Balaban J connectivity index is 2.32. The van der Waals surface area contributed by atoms with Gasteiger partial charge in [0.1, 0.15) is 0 Å². The zero-order valence-electron chi connectivity index (χ0n) is 9.87. The normalized spacial score (nSPS) is 12.4. The average Bonchev–Trinajstić information content (AvgIpc) is 2.52. The first-order valence-electron chi connectivity index (χ1n) is 5.24. The molecule has 1 aromatic heterocycles. The Bertz CT molecular complexity index is 464. The summed E-state index contributed by atoms with van der Waals surface area (Å²) in [7, 11) is -0.787. The highest BCUT2D eigenvalue weighted by molar-refractivity contribution is 7.84. The summed E-state index contributed by atoms with van der Waals surface area (Å²) in [5.41, 5.74) is 0.963. The first kappa shape index (κ1) is 14.5. The van der Waals surface area contributed by atoms with Crippen molar-refractivity contribution in [2.24, 2.45) is 0 Å². The van der Waals surface area contributed by atoms with E-state index in [9.17, 15) is 9.00 Å². The Labute approximate surface area is 112 Å². The van der Waals surface area contributed by atoms with Crippen LogP contribution in [-0.4, -0.2) is 33.7 Å². The molecular weight excluding hydrogens is 276 g/mol. The molecule has 0 aliphatic rings. The first-order valence-corrected chi connectivity index (χ1v) is 8.19. The zero-order chi connectivity index (χ0) is 12.8. The lowest BCUT2D eigenvalue weighted by Crippen LogP contribution is -2.26. The average molecular weight is 292 g/mol. The van der Waals surface area contributed by atoms with Gasteiger partial charge < -0.3 is 10.3 Å². The van der Waals surface area contributed by atoms with Gasteiger partial charge in [-0.25, -0.2) is 0 Å². The molecule has 1 unspecified atom stereocenters. The molecule has 0 spiro atoms. The van der Waals surface area contributed by atoms with Gasteiger partial charge in [-0.2, -0.15) is 0 Å². The molecule has 0 bridgehead atoms. The topological polar surface area (TPSA) is 62.0 Å². The SMILES string of the molecule is Cc1[nH]c(=S)sc1CC(=O)NCCCS(C)=O. The minimum absolute atomic E-state index is 0.0137. The fourth-order valence-electron chi connectivity index (χ4n) is 1.32. The lowest BCUT2D eigenvalue weighted by atomic mass is 10.3. The van der Waals surface area contributed by atoms with Crippen LogP contribution in [0.5, 0.6) is 0 Å². The summed E-state index contributed by atoms with van der Waals surface area (Å²) < 4.78 is 11.5. The Morgan fingerprint density at radius 2 is 2.29 bits per heavy atom. The van der Waals surface area contributed by atoms with Gasteiger partial charge in [-0.3, -0.25) is 9.00 Å². The molecule has 96 valence electrons. The molecule has 0 radical (unpaired) electrons. The molecule has 7 heteroatoms. The number of nitrogens with one attached hydrogen (secondary N) is 2.